The number of pyridine rings is 1. The standard InChI is InChI=1S/C17H14ClF3N4OS/c1-10-3-11(2)5-13(4-10)24-27(26)14-8-23-25(9-14)16-15(18)6-12(7-22-16)17(19,20)21/h3-9,24H,1-2H3. The highest BCUT2D eigenvalue weighted by Gasteiger charge is 2.31. The highest BCUT2D eigenvalue weighted by molar-refractivity contribution is 7.86. The zero-order valence-electron chi connectivity index (χ0n) is 14.2. The fourth-order valence-electron chi connectivity index (χ4n) is 2.47. The van der Waals surface area contributed by atoms with Gasteiger partial charge in [0, 0.05) is 11.9 Å². The van der Waals surface area contributed by atoms with Gasteiger partial charge in [0.15, 0.2) is 16.8 Å². The van der Waals surface area contributed by atoms with Crippen molar-refractivity contribution in [3.63, 3.8) is 0 Å². The summed E-state index contributed by atoms with van der Waals surface area (Å²) in [6.07, 6.45) is -1.14. The molecule has 2 aromatic heterocycles. The second kappa shape index (κ2) is 7.32. The molecule has 0 saturated heterocycles. The third kappa shape index (κ3) is 4.48. The number of alkyl halides is 3. The van der Waals surface area contributed by atoms with E-state index in [9.17, 15) is 17.4 Å². The van der Waals surface area contributed by atoms with E-state index in [0.29, 0.717) is 16.8 Å². The monoisotopic (exact) mass is 414 g/mol. The number of rotatable bonds is 4. The van der Waals surface area contributed by atoms with Crippen LogP contribution < -0.4 is 4.72 Å². The van der Waals surface area contributed by atoms with E-state index in [4.69, 9.17) is 11.6 Å². The Morgan fingerprint density at radius 1 is 1.11 bits per heavy atom. The van der Waals surface area contributed by atoms with Crippen LogP contribution in [0.4, 0.5) is 18.9 Å². The van der Waals surface area contributed by atoms with E-state index >= 15 is 0 Å². The van der Waals surface area contributed by atoms with Gasteiger partial charge in [-0.2, -0.15) is 18.3 Å². The Hall–Kier alpha value is -2.39. The van der Waals surface area contributed by atoms with Crippen molar-refractivity contribution in [3.05, 3.63) is 64.6 Å². The van der Waals surface area contributed by atoms with Crippen molar-refractivity contribution in [1.29, 1.82) is 0 Å². The highest BCUT2D eigenvalue weighted by atomic mass is 35.5. The Morgan fingerprint density at radius 3 is 2.37 bits per heavy atom. The summed E-state index contributed by atoms with van der Waals surface area (Å²) in [5.74, 6) is 0.0133. The van der Waals surface area contributed by atoms with Crippen LogP contribution in [0.2, 0.25) is 5.02 Å². The van der Waals surface area contributed by atoms with Crippen LogP contribution in [0.5, 0.6) is 0 Å². The topological polar surface area (TPSA) is 59.8 Å². The Bertz CT molecular complexity index is 999. The summed E-state index contributed by atoms with van der Waals surface area (Å²) in [7, 11) is -1.61. The van der Waals surface area contributed by atoms with Gasteiger partial charge in [-0.1, -0.05) is 17.7 Å². The van der Waals surface area contributed by atoms with Gasteiger partial charge in [-0.3, -0.25) is 0 Å². The van der Waals surface area contributed by atoms with Crippen LogP contribution in [-0.4, -0.2) is 19.0 Å². The maximum Gasteiger partial charge on any atom is 0.417 e. The van der Waals surface area contributed by atoms with Crippen LogP contribution in [0, 0.1) is 13.8 Å². The first-order valence-electron chi connectivity index (χ1n) is 7.68. The number of benzene rings is 1. The number of aromatic nitrogens is 3. The Kier molecular flexibility index (Phi) is 5.25. The largest absolute Gasteiger partial charge is 0.417 e. The molecule has 0 spiro atoms. The van der Waals surface area contributed by atoms with E-state index in [2.05, 4.69) is 14.8 Å². The molecule has 0 aliphatic carbocycles. The molecule has 0 bridgehead atoms. The van der Waals surface area contributed by atoms with Gasteiger partial charge in [0.2, 0.25) is 0 Å². The van der Waals surface area contributed by atoms with Crippen LogP contribution in [-0.2, 0) is 17.2 Å². The third-order valence-electron chi connectivity index (χ3n) is 3.57. The zero-order chi connectivity index (χ0) is 19.8. The molecule has 0 radical (unpaired) electrons. The molecule has 2 heterocycles. The number of anilines is 1. The molecule has 0 fully saturated rings. The minimum absolute atomic E-state index is 0.0133. The van der Waals surface area contributed by atoms with E-state index in [1.54, 1.807) is 0 Å². The molecule has 0 saturated carbocycles. The first-order valence-corrected chi connectivity index (χ1v) is 9.21. The molecule has 142 valence electrons. The van der Waals surface area contributed by atoms with E-state index < -0.39 is 22.7 Å². The normalized spacial score (nSPS) is 12.8. The molecule has 1 aromatic carbocycles. The van der Waals surface area contributed by atoms with Crippen molar-refractivity contribution >= 4 is 28.3 Å². The molecule has 1 atom stereocenters. The lowest BCUT2D eigenvalue weighted by molar-refractivity contribution is -0.137. The van der Waals surface area contributed by atoms with Gasteiger partial charge >= 0.3 is 6.18 Å². The van der Waals surface area contributed by atoms with Gasteiger partial charge in [0.05, 0.1) is 27.9 Å². The van der Waals surface area contributed by atoms with E-state index in [0.717, 1.165) is 17.2 Å². The first kappa shape index (κ1) is 19.4. The van der Waals surface area contributed by atoms with Gasteiger partial charge < -0.3 is 4.72 Å². The summed E-state index contributed by atoms with van der Waals surface area (Å²) < 4.78 is 54.7. The number of aryl methyl sites for hydroxylation is 2. The maximum atomic E-state index is 12.7. The minimum atomic E-state index is -4.54. The van der Waals surface area contributed by atoms with Crippen molar-refractivity contribution in [3.8, 4) is 5.82 Å². The summed E-state index contributed by atoms with van der Waals surface area (Å²) in [6, 6.07) is 6.47. The van der Waals surface area contributed by atoms with Crippen LogP contribution in [0.15, 0.2) is 47.8 Å². The smallest absolute Gasteiger partial charge is 0.301 e. The number of nitrogens with zero attached hydrogens (tertiary/aromatic N) is 3. The average Bonchev–Trinajstić information content (AvgIpc) is 3.02. The third-order valence-corrected chi connectivity index (χ3v) is 4.91. The zero-order valence-corrected chi connectivity index (χ0v) is 15.8. The molecular weight excluding hydrogens is 401 g/mol. The predicted octanol–water partition coefficient (Wildman–Crippen LogP) is 4.69. The molecule has 0 aliphatic heterocycles. The fourth-order valence-corrected chi connectivity index (χ4v) is 3.51. The fraction of sp³-hybridized carbons (Fsp3) is 0.176. The quantitative estimate of drug-likeness (QED) is 0.673. The SMILES string of the molecule is Cc1cc(C)cc(NS(=O)c2cnn(-c3ncc(C(F)(F)F)cc3Cl)c2)c1. The van der Waals surface area contributed by atoms with Crippen molar-refractivity contribution in [2.24, 2.45) is 0 Å². The van der Waals surface area contributed by atoms with E-state index in [1.165, 1.54) is 17.1 Å². The van der Waals surface area contributed by atoms with E-state index in [1.807, 2.05) is 32.0 Å². The van der Waals surface area contributed by atoms with Crippen LogP contribution >= 0.6 is 11.6 Å². The van der Waals surface area contributed by atoms with Crippen LogP contribution in [0.1, 0.15) is 16.7 Å². The van der Waals surface area contributed by atoms with Gasteiger partial charge in [-0.25, -0.2) is 13.9 Å². The molecule has 1 unspecified atom stereocenters. The Balaban J connectivity index is 1.83. The van der Waals surface area contributed by atoms with Crippen LogP contribution in [0.3, 0.4) is 0 Å². The van der Waals surface area contributed by atoms with Gasteiger partial charge in [-0.15, -0.1) is 0 Å². The molecular formula is C17H14ClF3N4OS. The molecule has 5 nitrogen and oxygen atoms in total. The van der Waals surface area contributed by atoms with Gasteiger partial charge in [0.25, 0.3) is 0 Å². The highest BCUT2D eigenvalue weighted by Crippen LogP contribution is 2.32. The number of nitrogens with one attached hydrogen (secondary N) is 1. The van der Waals surface area contributed by atoms with Gasteiger partial charge in [-0.05, 0) is 43.2 Å². The van der Waals surface area contributed by atoms with Crippen molar-refractivity contribution in [1.82, 2.24) is 14.8 Å². The summed E-state index contributed by atoms with van der Waals surface area (Å²) in [5.41, 5.74) is 1.77. The second-order valence-corrected chi connectivity index (χ2v) is 7.52. The van der Waals surface area contributed by atoms with Crippen molar-refractivity contribution in [2.45, 2.75) is 24.9 Å². The molecule has 3 rings (SSSR count). The molecule has 10 heteroatoms. The first-order chi connectivity index (χ1) is 12.6. The summed E-state index contributed by atoms with van der Waals surface area (Å²) in [4.78, 5) is 4.05. The van der Waals surface area contributed by atoms with Crippen LogP contribution in [0.25, 0.3) is 5.82 Å². The molecule has 0 amide bonds. The number of hydrogen-bond donors (Lipinski definition) is 1. The number of halogens is 4. The number of hydrogen-bond acceptors (Lipinski definition) is 3. The summed E-state index contributed by atoms with van der Waals surface area (Å²) in [5, 5.41) is 3.78. The average molecular weight is 415 g/mol. The lowest BCUT2D eigenvalue weighted by Crippen LogP contribution is -2.08. The van der Waals surface area contributed by atoms with Crippen molar-refractivity contribution < 1.29 is 17.4 Å². The lowest BCUT2D eigenvalue weighted by Gasteiger charge is -2.09. The Labute approximate surface area is 160 Å². The molecule has 27 heavy (non-hydrogen) atoms. The summed E-state index contributed by atoms with van der Waals surface area (Å²) in [6.45, 7) is 3.86. The molecule has 1 N–H and O–H groups in total. The van der Waals surface area contributed by atoms with Crippen molar-refractivity contribution in [2.75, 3.05) is 4.72 Å². The Morgan fingerprint density at radius 2 is 1.78 bits per heavy atom. The van der Waals surface area contributed by atoms with Gasteiger partial charge in [0.1, 0.15) is 0 Å². The lowest BCUT2D eigenvalue weighted by atomic mass is 10.1. The molecule has 3 aromatic rings. The minimum Gasteiger partial charge on any atom is -0.301 e. The molecule has 0 aliphatic rings. The van der Waals surface area contributed by atoms with E-state index in [-0.39, 0.29) is 10.8 Å². The maximum absolute atomic E-state index is 12.7. The summed E-state index contributed by atoms with van der Waals surface area (Å²) >= 11 is 5.91. The predicted molar refractivity (Wildman–Crippen MR) is 97.3 cm³/mol. The second-order valence-electron chi connectivity index (χ2n) is 5.89.